The van der Waals surface area contributed by atoms with Crippen molar-refractivity contribution in [3.63, 3.8) is 0 Å². The fourth-order valence-electron chi connectivity index (χ4n) is 2.66. The Bertz CT molecular complexity index is 972. The van der Waals surface area contributed by atoms with Gasteiger partial charge in [0.25, 0.3) is 0 Å². The highest BCUT2D eigenvalue weighted by molar-refractivity contribution is 7.86. The van der Waals surface area contributed by atoms with Gasteiger partial charge in [-0.25, -0.2) is 4.79 Å². The standard InChI is InChI=1S/C21H25NO7S/c1-15(2)28-19(23)13-21(22,20(24)27-14-16-7-5-4-6-8-16)17-9-11-18(12-10-17)29-30(3,25)26/h4-12,15H,13-14,22H2,1-3H3. The van der Waals surface area contributed by atoms with Crippen molar-refractivity contribution in [2.45, 2.75) is 38.5 Å². The molecule has 0 bridgehead atoms. The summed E-state index contributed by atoms with van der Waals surface area (Å²) in [5, 5.41) is 0. The largest absolute Gasteiger partial charge is 0.463 e. The smallest absolute Gasteiger partial charge is 0.331 e. The molecule has 1 unspecified atom stereocenters. The van der Waals surface area contributed by atoms with Crippen LogP contribution in [0.2, 0.25) is 0 Å². The van der Waals surface area contributed by atoms with Crippen molar-refractivity contribution in [1.82, 2.24) is 0 Å². The van der Waals surface area contributed by atoms with Crippen LogP contribution in [0.15, 0.2) is 54.6 Å². The molecule has 0 aliphatic carbocycles. The molecule has 0 saturated heterocycles. The van der Waals surface area contributed by atoms with E-state index in [1.165, 1.54) is 24.3 Å². The van der Waals surface area contributed by atoms with Crippen LogP contribution in [0.5, 0.6) is 5.75 Å². The Morgan fingerprint density at radius 3 is 2.17 bits per heavy atom. The van der Waals surface area contributed by atoms with Gasteiger partial charge in [0, 0.05) is 0 Å². The molecule has 0 fully saturated rings. The molecule has 8 nitrogen and oxygen atoms in total. The molecule has 0 heterocycles. The second-order valence-electron chi connectivity index (χ2n) is 7.06. The highest BCUT2D eigenvalue weighted by Gasteiger charge is 2.41. The van der Waals surface area contributed by atoms with Crippen LogP contribution in [0, 0.1) is 0 Å². The number of benzene rings is 2. The lowest BCUT2D eigenvalue weighted by Gasteiger charge is -2.27. The van der Waals surface area contributed by atoms with Gasteiger partial charge < -0.3 is 19.4 Å². The quantitative estimate of drug-likeness (QED) is 0.470. The number of nitrogens with two attached hydrogens (primary N) is 1. The minimum absolute atomic E-state index is 0.0207. The summed E-state index contributed by atoms with van der Waals surface area (Å²) in [5.41, 5.74) is 5.53. The van der Waals surface area contributed by atoms with Gasteiger partial charge in [-0.15, -0.1) is 0 Å². The van der Waals surface area contributed by atoms with E-state index < -0.39 is 34.0 Å². The molecule has 2 aromatic rings. The van der Waals surface area contributed by atoms with Crippen LogP contribution in [0.4, 0.5) is 0 Å². The molecule has 9 heteroatoms. The molecule has 2 N–H and O–H groups in total. The van der Waals surface area contributed by atoms with Gasteiger partial charge in [0.15, 0.2) is 5.54 Å². The Morgan fingerprint density at radius 1 is 1.03 bits per heavy atom. The van der Waals surface area contributed by atoms with Crippen LogP contribution < -0.4 is 9.92 Å². The average Bonchev–Trinajstić information content (AvgIpc) is 2.65. The van der Waals surface area contributed by atoms with Crippen molar-refractivity contribution in [1.29, 1.82) is 0 Å². The molecule has 1 atom stereocenters. The van der Waals surface area contributed by atoms with E-state index in [-0.39, 0.29) is 24.0 Å². The molecule has 0 aromatic heterocycles. The summed E-state index contributed by atoms with van der Waals surface area (Å²) >= 11 is 0. The number of hydrogen-bond acceptors (Lipinski definition) is 8. The maximum atomic E-state index is 12.9. The van der Waals surface area contributed by atoms with Crippen LogP contribution in [0.25, 0.3) is 0 Å². The third-order valence-corrected chi connectivity index (χ3v) is 4.48. The molecule has 0 radical (unpaired) electrons. The van der Waals surface area contributed by atoms with Crippen LogP contribution in [0.1, 0.15) is 31.4 Å². The first-order valence-corrected chi connectivity index (χ1v) is 11.0. The van der Waals surface area contributed by atoms with Gasteiger partial charge in [0.2, 0.25) is 0 Å². The highest BCUT2D eigenvalue weighted by atomic mass is 32.2. The minimum atomic E-state index is -3.71. The molecule has 162 valence electrons. The van der Waals surface area contributed by atoms with Gasteiger partial charge in [0.05, 0.1) is 18.8 Å². The molecule has 2 rings (SSSR count). The number of carbonyl (C=O) groups excluding carboxylic acids is 2. The lowest BCUT2D eigenvalue weighted by atomic mass is 9.87. The third kappa shape index (κ3) is 6.85. The summed E-state index contributed by atoms with van der Waals surface area (Å²) in [5.74, 6) is -1.43. The molecule has 0 amide bonds. The Kier molecular flexibility index (Phi) is 7.58. The van der Waals surface area contributed by atoms with E-state index in [9.17, 15) is 18.0 Å². The molecule has 30 heavy (non-hydrogen) atoms. The Balaban J connectivity index is 2.28. The number of rotatable bonds is 9. The number of hydrogen-bond donors (Lipinski definition) is 1. The van der Waals surface area contributed by atoms with E-state index in [4.69, 9.17) is 19.4 Å². The minimum Gasteiger partial charge on any atom is -0.463 e. The first-order valence-electron chi connectivity index (χ1n) is 9.19. The molecule has 0 aliphatic heterocycles. The molecule has 0 spiro atoms. The predicted molar refractivity (Wildman–Crippen MR) is 110 cm³/mol. The molecular weight excluding hydrogens is 410 g/mol. The summed E-state index contributed by atoms with van der Waals surface area (Å²) in [6.45, 7) is 3.34. The summed E-state index contributed by atoms with van der Waals surface area (Å²) < 4.78 is 37.9. The Labute approximate surface area is 176 Å². The molecule has 0 aliphatic rings. The zero-order valence-corrected chi connectivity index (χ0v) is 17.8. The zero-order chi connectivity index (χ0) is 22.4. The van der Waals surface area contributed by atoms with Crippen molar-refractivity contribution in [2.24, 2.45) is 5.73 Å². The number of esters is 2. The maximum absolute atomic E-state index is 12.9. The summed E-state index contributed by atoms with van der Waals surface area (Å²) in [7, 11) is -3.71. The first-order chi connectivity index (χ1) is 14.0. The lowest BCUT2D eigenvalue weighted by Crippen LogP contribution is -2.48. The van der Waals surface area contributed by atoms with Crippen molar-refractivity contribution in [3.05, 3.63) is 65.7 Å². The van der Waals surface area contributed by atoms with E-state index in [1.807, 2.05) is 6.07 Å². The fraction of sp³-hybridized carbons (Fsp3) is 0.333. The van der Waals surface area contributed by atoms with Crippen molar-refractivity contribution < 1.29 is 31.7 Å². The maximum Gasteiger partial charge on any atom is 0.331 e. The van der Waals surface area contributed by atoms with E-state index in [0.29, 0.717) is 0 Å². The van der Waals surface area contributed by atoms with Gasteiger partial charge in [-0.05, 0) is 37.1 Å². The molecule has 2 aromatic carbocycles. The van der Waals surface area contributed by atoms with Crippen molar-refractivity contribution in [3.8, 4) is 5.75 Å². The fourth-order valence-corrected chi connectivity index (χ4v) is 3.12. The number of ether oxygens (including phenoxy) is 2. The summed E-state index contributed by atoms with van der Waals surface area (Å²) in [6.07, 6.45) is 0.0786. The van der Waals surface area contributed by atoms with Crippen molar-refractivity contribution >= 4 is 22.1 Å². The first kappa shape index (κ1) is 23.4. The zero-order valence-electron chi connectivity index (χ0n) is 17.0. The van der Waals surface area contributed by atoms with Crippen molar-refractivity contribution in [2.75, 3.05) is 6.26 Å². The topological polar surface area (TPSA) is 122 Å². The predicted octanol–water partition coefficient (Wildman–Crippen LogP) is 2.26. The summed E-state index contributed by atoms with van der Waals surface area (Å²) in [6, 6.07) is 14.5. The van der Waals surface area contributed by atoms with Crippen LogP contribution in [-0.2, 0) is 41.3 Å². The number of carbonyl (C=O) groups is 2. The second-order valence-corrected chi connectivity index (χ2v) is 8.64. The van der Waals surface area contributed by atoms with E-state index in [2.05, 4.69) is 0 Å². The van der Waals surface area contributed by atoms with Crippen LogP contribution >= 0.6 is 0 Å². The molecule has 0 saturated carbocycles. The lowest BCUT2D eigenvalue weighted by molar-refractivity contribution is -0.159. The van der Waals surface area contributed by atoms with Gasteiger partial charge >= 0.3 is 22.1 Å². The Morgan fingerprint density at radius 2 is 1.63 bits per heavy atom. The monoisotopic (exact) mass is 435 g/mol. The van der Waals surface area contributed by atoms with Gasteiger partial charge in [-0.3, -0.25) is 4.79 Å². The third-order valence-electron chi connectivity index (χ3n) is 3.98. The SMILES string of the molecule is CC(C)OC(=O)CC(N)(C(=O)OCc1ccccc1)c1ccc(OS(C)(=O)=O)cc1. The van der Waals surface area contributed by atoms with Crippen LogP contribution in [0.3, 0.4) is 0 Å². The van der Waals surface area contributed by atoms with Gasteiger partial charge in [-0.2, -0.15) is 8.42 Å². The highest BCUT2D eigenvalue weighted by Crippen LogP contribution is 2.28. The van der Waals surface area contributed by atoms with Gasteiger partial charge in [0.1, 0.15) is 12.4 Å². The Hall–Kier alpha value is -2.91. The van der Waals surface area contributed by atoms with Gasteiger partial charge in [-0.1, -0.05) is 42.5 Å². The van der Waals surface area contributed by atoms with E-state index in [1.54, 1.807) is 38.1 Å². The van der Waals surface area contributed by atoms with Crippen LogP contribution in [-0.4, -0.2) is 32.7 Å². The second kappa shape index (κ2) is 9.73. The summed E-state index contributed by atoms with van der Waals surface area (Å²) in [4.78, 5) is 25.2. The normalized spacial score (nSPS) is 13.4. The van der Waals surface area contributed by atoms with E-state index >= 15 is 0 Å². The average molecular weight is 435 g/mol. The van der Waals surface area contributed by atoms with E-state index in [0.717, 1.165) is 11.8 Å². The molecular formula is C21H25NO7S.